The van der Waals surface area contributed by atoms with Crippen molar-refractivity contribution in [3.05, 3.63) is 62.1 Å². The Morgan fingerprint density at radius 1 is 1.13 bits per heavy atom. The van der Waals surface area contributed by atoms with Gasteiger partial charge in [-0.1, -0.05) is 60.7 Å². The molecule has 0 aliphatic rings. The maximum atomic E-state index is 12.3. The zero-order valence-electron chi connectivity index (χ0n) is 16.4. The molecule has 0 fully saturated rings. The molecule has 0 saturated heterocycles. The number of anilines is 1. The molecule has 7 nitrogen and oxygen atoms in total. The van der Waals surface area contributed by atoms with E-state index in [2.05, 4.69) is 20.1 Å². The first-order valence-electron chi connectivity index (χ1n) is 9.42. The van der Waals surface area contributed by atoms with Gasteiger partial charge >= 0.3 is 0 Å². The minimum Gasteiger partial charge on any atom is -0.383 e. The van der Waals surface area contributed by atoms with E-state index < -0.39 is 0 Å². The topological polar surface area (TPSA) is 99.1 Å². The van der Waals surface area contributed by atoms with Crippen molar-refractivity contribution in [3.63, 3.8) is 0 Å². The minimum atomic E-state index is -0.181. The molecule has 3 heterocycles. The van der Waals surface area contributed by atoms with Gasteiger partial charge in [0.25, 0.3) is 5.56 Å². The van der Waals surface area contributed by atoms with Crippen LogP contribution in [-0.4, -0.2) is 24.6 Å². The largest absolute Gasteiger partial charge is 0.383 e. The third-order valence-corrected chi connectivity index (χ3v) is 6.64. The number of fused-ring (bicyclic) bond motifs is 1. The van der Waals surface area contributed by atoms with Crippen LogP contribution in [0.15, 0.2) is 40.3 Å². The number of aryl methyl sites for hydroxylation is 2. The van der Waals surface area contributed by atoms with Crippen molar-refractivity contribution in [1.82, 2.24) is 24.6 Å². The lowest BCUT2D eigenvalue weighted by atomic mass is 10.0. The van der Waals surface area contributed by atoms with E-state index in [1.807, 2.05) is 38.1 Å². The lowest BCUT2D eigenvalue weighted by Gasteiger charge is -2.12. The molecule has 0 atom stereocenters. The molecule has 0 saturated carbocycles. The Hall–Kier alpha value is -2.49. The lowest BCUT2D eigenvalue weighted by molar-refractivity contribution is 0.851. The van der Waals surface area contributed by atoms with E-state index in [0.717, 1.165) is 28.2 Å². The lowest BCUT2D eigenvalue weighted by Crippen LogP contribution is -2.15. The number of aromatic nitrogens is 5. The van der Waals surface area contributed by atoms with Crippen LogP contribution in [0.1, 0.15) is 30.2 Å². The fraction of sp³-hybridized carbons (Fsp3) is 0.250. The Morgan fingerprint density at radius 3 is 2.60 bits per heavy atom. The zero-order valence-corrected chi connectivity index (χ0v) is 18.8. The summed E-state index contributed by atoms with van der Waals surface area (Å²) in [4.78, 5) is 26.6. The summed E-state index contributed by atoms with van der Waals surface area (Å²) in [6.07, 6.45) is 1.48. The summed E-state index contributed by atoms with van der Waals surface area (Å²) in [6, 6.07) is 8.97. The molecule has 10 heteroatoms. The van der Waals surface area contributed by atoms with Crippen molar-refractivity contribution in [2.75, 3.05) is 5.73 Å². The van der Waals surface area contributed by atoms with Crippen LogP contribution >= 0.6 is 34.7 Å². The number of benzene rings is 1. The summed E-state index contributed by atoms with van der Waals surface area (Å²) >= 11 is 8.83. The molecular formula is C20H19ClN6OS2. The van der Waals surface area contributed by atoms with Gasteiger partial charge in [-0.3, -0.25) is 4.79 Å². The second-order valence-corrected chi connectivity index (χ2v) is 8.91. The van der Waals surface area contributed by atoms with Crippen molar-refractivity contribution < 1.29 is 0 Å². The summed E-state index contributed by atoms with van der Waals surface area (Å²) in [5.41, 5.74) is 9.39. The van der Waals surface area contributed by atoms with Gasteiger partial charge in [-0.15, -0.1) is 0 Å². The number of rotatable bonds is 6. The maximum absolute atomic E-state index is 12.3. The number of nitrogens with two attached hydrogens (primary N) is 1. The Morgan fingerprint density at radius 2 is 1.90 bits per heavy atom. The highest BCUT2D eigenvalue weighted by Crippen LogP contribution is 2.31. The summed E-state index contributed by atoms with van der Waals surface area (Å²) < 4.78 is 1.35. The number of thioether (sulfide) groups is 1. The number of hydrogen-bond acceptors (Lipinski definition) is 8. The van der Waals surface area contributed by atoms with E-state index in [1.165, 1.54) is 33.7 Å². The molecule has 0 amide bonds. The van der Waals surface area contributed by atoms with E-state index in [4.69, 9.17) is 17.3 Å². The molecule has 0 bridgehead atoms. The van der Waals surface area contributed by atoms with Crippen LogP contribution in [0.2, 0.25) is 5.02 Å². The van der Waals surface area contributed by atoms with Crippen LogP contribution in [0.5, 0.6) is 0 Å². The second-order valence-electron chi connectivity index (χ2n) is 6.49. The normalized spacial score (nSPS) is 11.3. The van der Waals surface area contributed by atoms with Gasteiger partial charge in [0.15, 0.2) is 5.16 Å². The average molecular weight is 459 g/mol. The van der Waals surface area contributed by atoms with Crippen molar-refractivity contribution in [1.29, 1.82) is 0 Å². The molecule has 4 rings (SSSR count). The second kappa shape index (κ2) is 8.71. The van der Waals surface area contributed by atoms with E-state index in [0.29, 0.717) is 38.8 Å². The Kier molecular flexibility index (Phi) is 6.03. The van der Waals surface area contributed by atoms with Crippen LogP contribution in [0, 0.1) is 0 Å². The maximum Gasteiger partial charge on any atom is 0.275 e. The fourth-order valence-corrected chi connectivity index (χ4v) is 4.75. The third-order valence-electron chi connectivity index (χ3n) is 4.45. The first-order valence-corrected chi connectivity index (χ1v) is 11.6. The van der Waals surface area contributed by atoms with E-state index >= 15 is 0 Å². The first kappa shape index (κ1) is 20.8. The predicted octanol–water partition coefficient (Wildman–Crippen LogP) is 4.26. The van der Waals surface area contributed by atoms with Crippen LogP contribution in [0.3, 0.4) is 0 Å². The monoisotopic (exact) mass is 458 g/mol. The van der Waals surface area contributed by atoms with E-state index in [1.54, 1.807) is 0 Å². The smallest absolute Gasteiger partial charge is 0.275 e. The van der Waals surface area contributed by atoms with Crippen LogP contribution in [0.25, 0.3) is 16.1 Å². The van der Waals surface area contributed by atoms with Gasteiger partial charge in [-0.05, 0) is 30.5 Å². The highest BCUT2D eigenvalue weighted by Gasteiger charge is 2.15. The molecule has 0 radical (unpaired) electrons. The SMILES string of the molecule is CCc1nn2c(=O)cc(CSc3nc(N)c(-c4ccc(Cl)cc4)c(CC)n3)nc2s1. The van der Waals surface area contributed by atoms with Crippen molar-refractivity contribution in [2.45, 2.75) is 37.6 Å². The van der Waals surface area contributed by atoms with Gasteiger partial charge in [-0.2, -0.15) is 9.61 Å². The van der Waals surface area contributed by atoms with Gasteiger partial charge in [0.05, 0.1) is 11.4 Å². The van der Waals surface area contributed by atoms with Crippen molar-refractivity contribution >= 4 is 45.5 Å². The van der Waals surface area contributed by atoms with Gasteiger partial charge in [0.1, 0.15) is 10.8 Å². The van der Waals surface area contributed by atoms with Crippen LogP contribution in [0.4, 0.5) is 5.82 Å². The third kappa shape index (κ3) is 4.19. The molecule has 4 aromatic rings. The molecule has 0 aliphatic carbocycles. The van der Waals surface area contributed by atoms with Gasteiger partial charge < -0.3 is 5.73 Å². The van der Waals surface area contributed by atoms with Crippen molar-refractivity contribution in [3.8, 4) is 11.1 Å². The van der Waals surface area contributed by atoms with Gasteiger partial charge in [0, 0.05) is 22.4 Å². The fourth-order valence-electron chi connectivity index (χ4n) is 3.01. The molecule has 2 N–H and O–H groups in total. The standard InChI is InChI=1S/C20H19ClN6OS2/c1-3-14-17(11-5-7-12(21)8-6-11)18(22)25-19(24-14)29-10-13-9-16(28)27-20(23-13)30-15(4-2)26-27/h5-9H,3-4,10H2,1-2H3,(H2,22,24,25). The molecule has 0 aliphatic heterocycles. The average Bonchev–Trinajstić information content (AvgIpc) is 3.16. The number of halogens is 1. The van der Waals surface area contributed by atoms with E-state index in [9.17, 15) is 4.79 Å². The minimum absolute atomic E-state index is 0.181. The molecule has 154 valence electrons. The number of nitrogens with zero attached hydrogens (tertiary/aromatic N) is 5. The number of nitrogen functional groups attached to an aromatic ring is 1. The molecule has 1 aromatic carbocycles. The summed E-state index contributed by atoms with van der Waals surface area (Å²) in [5.74, 6) is 0.888. The first-order chi connectivity index (χ1) is 14.5. The Bertz CT molecular complexity index is 1270. The number of hydrogen-bond donors (Lipinski definition) is 1. The summed E-state index contributed by atoms with van der Waals surface area (Å²) in [7, 11) is 0. The highest BCUT2D eigenvalue weighted by molar-refractivity contribution is 7.98. The molecule has 0 unspecified atom stereocenters. The summed E-state index contributed by atoms with van der Waals surface area (Å²) in [5, 5.41) is 6.37. The van der Waals surface area contributed by atoms with Crippen LogP contribution < -0.4 is 11.3 Å². The quantitative estimate of drug-likeness (QED) is 0.340. The molecular weight excluding hydrogens is 440 g/mol. The van der Waals surface area contributed by atoms with Crippen molar-refractivity contribution in [2.24, 2.45) is 0 Å². The molecule has 30 heavy (non-hydrogen) atoms. The molecule has 0 spiro atoms. The van der Waals surface area contributed by atoms with Gasteiger partial charge in [0.2, 0.25) is 4.96 Å². The molecule has 3 aromatic heterocycles. The van der Waals surface area contributed by atoms with E-state index in [-0.39, 0.29) is 5.56 Å². The Balaban J connectivity index is 1.61. The highest BCUT2D eigenvalue weighted by atomic mass is 35.5. The van der Waals surface area contributed by atoms with Gasteiger partial charge in [-0.25, -0.2) is 15.0 Å². The van der Waals surface area contributed by atoms with Crippen LogP contribution in [-0.2, 0) is 18.6 Å². The Labute approximate surface area is 186 Å². The summed E-state index contributed by atoms with van der Waals surface area (Å²) in [6.45, 7) is 4.03. The predicted molar refractivity (Wildman–Crippen MR) is 122 cm³/mol. The zero-order chi connectivity index (χ0) is 21.3.